The first-order chi connectivity index (χ1) is 9.88. The maximum absolute atomic E-state index is 12.9. The molecule has 0 aliphatic carbocycles. The van der Waals surface area contributed by atoms with Gasteiger partial charge in [-0.15, -0.1) is 0 Å². The van der Waals surface area contributed by atoms with Crippen LogP contribution >= 0.6 is 11.6 Å². The highest BCUT2D eigenvalue weighted by atomic mass is 35.5. The van der Waals surface area contributed by atoms with Crippen molar-refractivity contribution in [2.75, 3.05) is 18.4 Å². The Balaban J connectivity index is 2.28. The second-order valence-electron chi connectivity index (χ2n) is 4.58. The minimum Gasteiger partial charge on any atom is -0.382 e. The predicted octanol–water partition coefficient (Wildman–Crippen LogP) is 3.06. The average molecular weight is 316 g/mol. The Morgan fingerprint density at radius 2 is 1.90 bits per heavy atom. The lowest BCUT2D eigenvalue weighted by Crippen LogP contribution is -2.24. The minimum atomic E-state index is -4.55. The highest BCUT2D eigenvalue weighted by Gasteiger charge is 2.34. The number of halogens is 4. The van der Waals surface area contributed by atoms with Crippen LogP contribution in [0.25, 0.3) is 10.9 Å². The van der Waals surface area contributed by atoms with Crippen LogP contribution in [0.5, 0.6) is 0 Å². The molecule has 4 nitrogen and oxygen atoms in total. The van der Waals surface area contributed by atoms with E-state index in [4.69, 9.17) is 11.6 Å². The normalized spacial score (nSPS) is 15.1. The van der Waals surface area contributed by atoms with Crippen LogP contribution in [0.1, 0.15) is 15.9 Å². The number of aromatic nitrogens is 1. The van der Waals surface area contributed by atoms with Crippen LogP contribution in [0.2, 0.25) is 5.02 Å². The third kappa shape index (κ3) is 2.37. The molecule has 0 unspecified atom stereocenters. The standard InChI is InChI=1S/C13H9ClF3N3O/c14-9-3-6-10(4-8(9)13(15,16)17)20-5-7-11(6)18-1-2-19-12(7)21/h3-5,18H,1-2H2,(H,19,21). The number of pyridine rings is 1. The minimum absolute atomic E-state index is 0.132. The maximum Gasteiger partial charge on any atom is 0.417 e. The molecule has 21 heavy (non-hydrogen) atoms. The van der Waals surface area contributed by atoms with Crippen LogP contribution in [0.4, 0.5) is 18.9 Å². The predicted molar refractivity (Wildman–Crippen MR) is 72.6 cm³/mol. The molecule has 1 aliphatic rings. The van der Waals surface area contributed by atoms with E-state index in [9.17, 15) is 18.0 Å². The van der Waals surface area contributed by atoms with Gasteiger partial charge in [0.25, 0.3) is 5.91 Å². The summed E-state index contributed by atoms with van der Waals surface area (Å²) in [4.78, 5) is 15.8. The van der Waals surface area contributed by atoms with Crippen LogP contribution in [0.15, 0.2) is 18.3 Å². The van der Waals surface area contributed by atoms with Crippen molar-refractivity contribution in [1.82, 2.24) is 10.3 Å². The van der Waals surface area contributed by atoms with E-state index >= 15 is 0 Å². The molecule has 3 rings (SSSR count). The van der Waals surface area contributed by atoms with E-state index in [0.717, 1.165) is 6.07 Å². The summed E-state index contributed by atoms with van der Waals surface area (Å²) in [5.74, 6) is -0.319. The summed E-state index contributed by atoms with van der Waals surface area (Å²) in [7, 11) is 0. The van der Waals surface area contributed by atoms with Gasteiger partial charge in [0.05, 0.1) is 27.4 Å². The molecule has 1 amide bonds. The summed E-state index contributed by atoms with van der Waals surface area (Å²) in [6.07, 6.45) is -3.29. The van der Waals surface area contributed by atoms with Crippen molar-refractivity contribution in [3.8, 4) is 0 Å². The van der Waals surface area contributed by atoms with Gasteiger partial charge in [0.1, 0.15) is 0 Å². The van der Waals surface area contributed by atoms with E-state index in [-0.39, 0.29) is 17.0 Å². The van der Waals surface area contributed by atoms with E-state index in [1.165, 1.54) is 12.3 Å². The van der Waals surface area contributed by atoms with Gasteiger partial charge in [-0.05, 0) is 12.1 Å². The molecule has 8 heteroatoms. The highest BCUT2D eigenvalue weighted by Crippen LogP contribution is 2.38. The first kappa shape index (κ1) is 13.9. The average Bonchev–Trinajstić information content (AvgIpc) is 2.59. The molecule has 0 atom stereocenters. The van der Waals surface area contributed by atoms with Crippen molar-refractivity contribution in [3.05, 3.63) is 34.5 Å². The molecule has 0 radical (unpaired) electrons. The molecule has 2 N–H and O–H groups in total. The van der Waals surface area contributed by atoms with Crippen molar-refractivity contribution in [3.63, 3.8) is 0 Å². The van der Waals surface area contributed by atoms with Gasteiger partial charge < -0.3 is 10.6 Å². The molecule has 0 spiro atoms. The van der Waals surface area contributed by atoms with Gasteiger partial charge in [0.2, 0.25) is 0 Å². The number of carbonyl (C=O) groups excluding carboxylic acids is 1. The zero-order valence-electron chi connectivity index (χ0n) is 10.5. The van der Waals surface area contributed by atoms with E-state index in [1.54, 1.807) is 0 Å². The number of alkyl halides is 3. The van der Waals surface area contributed by atoms with Gasteiger partial charge in [-0.2, -0.15) is 13.2 Å². The monoisotopic (exact) mass is 315 g/mol. The molecular formula is C13H9ClF3N3O. The Labute approximate surface area is 122 Å². The Morgan fingerprint density at radius 3 is 2.62 bits per heavy atom. The summed E-state index contributed by atoms with van der Waals surface area (Å²) in [5, 5.41) is 5.65. The Kier molecular flexibility index (Phi) is 3.16. The lowest BCUT2D eigenvalue weighted by atomic mass is 10.1. The van der Waals surface area contributed by atoms with Crippen molar-refractivity contribution in [1.29, 1.82) is 0 Å². The van der Waals surface area contributed by atoms with Crippen LogP contribution in [0, 0.1) is 0 Å². The fourth-order valence-electron chi connectivity index (χ4n) is 2.25. The quantitative estimate of drug-likeness (QED) is 0.785. The van der Waals surface area contributed by atoms with Gasteiger partial charge in [-0.1, -0.05) is 11.6 Å². The van der Waals surface area contributed by atoms with E-state index < -0.39 is 16.8 Å². The number of rotatable bonds is 0. The van der Waals surface area contributed by atoms with Crippen molar-refractivity contribution < 1.29 is 18.0 Å². The van der Waals surface area contributed by atoms with Gasteiger partial charge in [-0.25, -0.2) is 0 Å². The lowest BCUT2D eigenvalue weighted by molar-refractivity contribution is -0.137. The highest BCUT2D eigenvalue weighted by molar-refractivity contribution is 6.32. The first-order valence-electron chi connectivity index (χ1n) is 6.09. The van der Waals surface area contributed by atoms with Gasteiger partial charge >= 0.3 is 6.18 Å². The summed E-state index contributed by atoms with van der Waals surface area (Å²) >= 11 is 5.73. The number of hydrogen-bond donors (Lipinski definition) is 2. The summed E-state index contributed by atoms with van der Waals surface area (Å²) in [6.45, 7) is 0.889. The molecule has 1 aromatic heterocycles. The number of fused-ring (bicyclic) bond motifs is 3. The van der Waals surface area contributed by atoms with Crippen LogP contribution < -0.4 is 10.6 Å². The number of nitrogens with one attached hydrogen (secondary N) is 2. The van der Waals surface area contributed by atoms with E-state index in [0.29, 0.717) is 24.2 Å². The molecule has 2 aromatic rings. The molecule has 2 heterocycles. The molecule has 0 fully saturated rings. The van der Waals surface area contributed by atoms with Crippen LogP contribution in [-0.2, 0) is 6.18 Å². The number of amides is 1. The molecular weight excluding hydrogens is 307 g/mol. The van der Waals surface area contributed by atoms with Gasteiger partial charge in [0, 0.05) is 24.7 Å². The van der Waals surface area contributed by atoms with Crippen LogP contribution in [0.3, 0.4) is 0 Å². The molecule has 110 valence electrons. The second-order valence-corrected chi connectivity index (χ2v) is 4.98. The first-order valence-corrected chi connectivity index (χ1v) is 6.47. The maximum atomic E-state index is 12.9. The largest absolute Gasteiger partial charge is 0.417 e. The third-order valence-corrected chi connectivity index (χ3v) is 3.53. The molecule has 0 saturated heterocycles. The zero-order valence-corrected chi connectivity index (χ0v) is 11.3. The summed E-state index contributed by atoms with van der Waals surface area (Å²) in [6, 6.07) is 2.08. The van der Waals surface area contributed by atoms with E-state index in [1.807, 2.05) is 0 Å². The Hall–Kier alpha value is -2.02. The SMILES string of the molecule is O=C1NCCNc2c1cnc1cc(C(F)(F)F)c(Cl)cc21. The fraction of sp³-hybridized carbons (Fsp3) is 0.231. The van der Waals surface area contributed by atoms with Gasteiger partial charge in [-0.3, -0.25) is 9.78 Å². The second kappa shape index (κ2) is 4.77. The Morgan fingerprint density at radius 1 is 1.19 bits per heavy atom. The zero-order chi connectivity index (χ0) is 15.2. The van der Waals surface area contributed by atoms with Crippen molar-refractivity contribution >= 4 is 34.1 Å². The third-order valence-electron chi connectivity index (χ3n) is 3.22. The number of hydrogen-bond acceptors (Lipinski definition) is 3. The summed E-state index contributed by atoms with van der Waals surface area (Å²) < 4.78 is 38.6. The smallest absolute Gasteiger partial charge is 0.382 e. The molecule has 1 aromatic carbocycles. The van der Waals surface area contributed by atoms with E-state index in [2.05, 4.69) is 15.6 Å². The summed E-state index contributed by atoms with van der Waals surface area (Å²) in [5.41, 5.74) is -0.0729. The molecule has 0 saturated carbocycles. The van der Waals surface area contributed by atoms with Crippen LogP contribution in [-0.4, -0.2) is 24.0 Å². The molecule has 0 bridgehead atoms. The Bertz CT molecular complexity index is 745. The van der Waals surface area contributed by atoms with Crippen molar-refractivity contribution in [2.24, 2.45) is 0 Å². The lowest BCUT2D eigenvalue weighted by Gasteiger charge is -2.13. The number of anilines is 1. The van der Waals surface area contributed by atoms with Crippen molar-refractivity contribution in [2.45, 2.75) is 6.18 Å². The van der Waals surface area contributed by atoms with Gasteiger partial charge in [0.15, 0.2) is 0 Å². The number of nitrogens with zero attached hydrogens (tertiary/aromatic N) is 1. The number of carbonyl (C=O) groups is 1. The topological polar surface area (TPSA) is 54.0 Å². The fourth-order valence-corrected chi connectivity index (χ4v) is 2.52. The number of benzene rings is 1. The molecule has 1 aliphatic heterocycles.